The Balaban J connectivity index is 0.000000287. The molecule has 0 aliphatic carbocycles. The van der Waals surface area contributed by atoms with Crippen LogP contribution in [0, 0.1) is 0 Å². The standard InChI is InChI=1S/C18H12Cl3S.C3H2F6O3S/c19-13-1-7-16(8-2-13)22(17-9-3-14(20)4-10-17)18-11-5-15(21)6-12-18;4-1(5)2(6,7)3(8,9)13(10,11)12/h1-12H;1H,(H,10,11,12)/q+1;/p-1. The molecule has 0 N–H and O–H groups in total. The maximum absolute atomic E-state index is 11.8. The average Bonchev–Trinajstić information content (AvgIpc) is 2.77. The summed E-state index contributed by atoms with van der Waals surface area (Å²) in [7, 11) is -7.03. The van der Waals surface area contributed by atoms with Crippen LogP contribution in [-0.2, 0) is 21.0 Å². The van der Waals surface area contributed by atoms with Gasteiger partial charge in [-0.25, -0.2) is 17.2 Å². The summed E-state index contributed by atoms with van der Waals surface area (Å²) in [6.07, 6.45) is -4.94. The molecule has 0 spiro atoms. The molecule has 0 heterocycles. The molecule has 0 aromatic heterocycles. The lowest BCUT2D eigenvalue weighted by Gasteiger charge is -2.27. The SMILES string of the molecule is Clc1ccc([S+](c2ccc(Cl)cc2)c2ccc(Cl)cc2)cc1.O=S(=O)([O-])C(F)(F)C(F)(F)C(F)F. The maximum atomic E-state index is 11.8. The molecule has 0 saturated heterocycles. The molecular weight excluding hydrogens is 585 g/mol. The third-order valence-electron chi connectivity index (χ3n) is 4.12. The number of halogens is 9. The van der Waals surface area contributed by atoms with Crippen LogP contribution < -0.4 is 0 Å². The van der Waals surface area contributed by atoms with Gasteiger partial charge in [-0.2, -0.15) is 17.6 Å². The van der Waals surface area contributed by atoms with Crippen molar-refractivity contribution in [3.05, 3.63) is 87.9 Å². The molecule has 3 nitrogen and oxygen atoms in total. The molecular formula is C21H13Cl3F6O3S2. The quantitative estimate of drug-likeness (QED) is 0.166. The smallest absolute Gasteiger partial charge is 0.402 e. The minimum atomic E-state index is -6.82. The topological polar surface area (TPSA) is 57.2 Å². The van der Waals surface area contributed by atoms with Gasteiger partial charge in [-0.1, -0.05) is 34.8 Å². The molecule has 0 fully saturated rings. The number of alkyl halides is 6. The molecule has 0 atom stereocenters. The zero-order valence-corrected chi connectivity index (χ0v) is 20.8. The summed E-state index contributed by atoms with van der Waals surface area (Å²) in [6.45, 7) is 0. The second-order valence-corrected chi connectivity index (χ2v) is 11.3. The fraction of sp³-hybridized carbons (Fsp3) is 0.143. The van der Waals surface area contributed by atoms with Gasteiger partial charge in [-0.05, 0) is 72.8 Å². The van der Waals surface area contributed by atoms with E-state index in [2.05, 4.69) is 36.4 Å². The van der Waals surface area contributed by atoms with E-state index in [9.17, 15) is 39.3 Å². The van der Waals surface area contributed by atoms with E-state index in [1.54, 1.807) is 0 Å². The van der Waals surface area contributed by atoms with Gasteiger partial charge in [-0.15, -0.1) is 0 Å². The highest BCUT2D eigenvalue weighted by atomic mass is 35.5. The van der Waals surface area contributed by atoms with Crippen molar-refractivity contribution in [2.24, 2.45) is 0 Å². The lowest BCUT2D eigenvalue weighted by atomic mass is 10.3. The van der Waals surface area contributed by atoms with Gasteiger partial charge in [-0.3, -0.25) is 0 Å². The van der Waals surface area contributed by atoms with Gasteiger partial charge in [0.2, 0.25) is 0 Å². The normalized spacial score (nSPS) is 12.5. The number of benzene rings is 3. The third kappa shape index (κ3) is 7.21. The molecule has 0 radical (unpaired) electrons. The van der Waals surface area contributed by atoms with Gasteiger partial charge >= 0.3 is 17.6 Å². The summed E-state index contributed by atoms with van der Waals surface area (Å²) in [6, 6.07) is 23.9. The van der Waals surface area contributed by atoms with E-state index in [-0.39, 0.29) is 10.9 Å². The summed E-state index contributed by atoms with van der Waals surface area (Å²) in [5.74, 6) is -6.19. The number of rotatable bonds is 6. The van der Waals surface area contributed by atoms with Gasteiger partial charge in [0.15, 0.2) is 24.8 Å². The summed E-state index contributed by atoms with van der Waals surface area (Å²) < 4.78 is 98.0. The largest absolute Gasteiger partial charge is 0.743 e. The molecule has 0 bridgehead atoms. The van der Waals surface area contributed by atoms with Crippen LogP contribution in [0.2, 0.25) is 15.1 Å². The summed E-state index contributed by atoms with van der Waals surface area (Å²) in [4.78, 5) is 3.61. The molecule has 0 aliphatic rings. The first-order valence-electron chi connectivity index (χ1n) is 9.08. The Kier molecular flexibility index (Phi) is 9.82. The molecule has 0 aliphatic heterocycles. The van der Waals surface area contributed by atoms with Crippen molar-refractivity contribution in [3.8, 4) is 0 Å². The van der Waals surface area contributed by atoms with Crippen molar-refractivity contribution in [3.63, 3.8) is 0 Å². The van der Waals surface area contributed by atoms with E-state index in [0.29, 0.717) is 0 Å². The average molecular weight is 598 g/mol. The third-order valence-corrected chi connectivity index (χ3v) is 8.01. The van der Waals surface area contributed by atoms with Crippen LogP contribution in [0.15, 0.2) is 87.5 Å². The summed E-state index contributed by atoms with van der Waals surface area (Å²) in [5, 5.41) is -4.10. The van der Waals surface area contributed by atoms with Gasteiger partial charge < -0.3 is 4.55 Å². The van der Waals surface area contributed by atoms with Crippen LogP contribution in [0.25, 0.3) is 0 Å². The Morgan fingerprint density at radius 2 is 0.914 bits per heavy atom. The Labute approximate surface area is 214 Å². The maximum Gasteiger partial charge on any atom is 0.402 e. The highest BCUT2D eigenvalue weighted by molar-refractivity contribution is 7.97. The van der Waals surface area contributed by atoms with E-state index in [0.717, 1.165) is 15.1 Å². The van der Waals surface area contributed by atoms with Crippen LogP contribution in [-0.4, -0.2) is 30.6 Å². The lowest BCUT2D eigenvalue weighted by Crippen LogP contribution is -2.51. The van der Waals surface area contributed by atoms with E-state index in [4.69, 9.17) is 34.8 Å². The van der Waals surface area contributed by atoms with Gasteiger partial charge in [0.25, 0.3) is 0 Å². The van der Waals surface area contributed by atoms with Crippen LogP contribution >= 0.6 is 34.8 Å². The van der Waals surface area contributed by atoms with E-state index >= 15 is 0 Å². The zero-order valence-electron chi connectivity index (χ0n) is 16.9. The second-order valence-electron chi connectivity index (χ2n) is 6.56. The molecule has 14 heteroatoms. The molecule has 0 unspecified atom stereocenters. The fourth-order valence-corrected chi connectivity index (χ4v) is 5.26. The molecule has 0 saturated carbocycles. The minimum absolute atomic E-state index is 0.215. The van der Waals surface area contributed by atoms with Crippen molar-refractivity contribution in [1.29, 1.82) is 0 Å². The monoisotopic (exact) mass is 596 g/mol. The number of hydrogen-bond acceptors (Lipinski definition) is 3. The molecule has 0 amide bonds. The van der Waals surface area contributed by atoms with Crippen molar-refractivity contribution in [2.75, 3.05) is 0 Å². The van der Waals surface area contributed by atoms with Gasteiger partial charge in [0.05, 0.1) is 10.9 Å². The van der Waals surface area contributed by atoms with Crippen molar-refractivity contribution in [1.82, 2.24) is 0 Å². The van der Waals surface area contributed by atoms with Crippen molar-refractivity contribution < 1.29 is 39.3 Å². The van der Waals surface area contributed by atoms with Crippen LogP contribution in [0.5, 0.6) is 0 Å². The first kappa shape index (κ1) is 29.6. The number of hydrogen-bond donors (Lipinski definition) is 0. The van der Waals surface area contributed by atoms with E-state index in [1.165, 1.54) is 14.7 Å². The fourth-order valence-electron chi connectivity index (χ4n) is 2.41. The first-order chi connectivity index (χ1) is 16.1. The Bertz CT molecular complexity index is 1120. The first-order valence-corrected chi connectivity index (χ1v) is 12.8. The van der Waals surface area contributed by atoms with Crippen molar-refractivity contribution >= 4 is 55.8 Å². The predicted octanol–water partition coefficient (Wildman–Crippen LogP) is 7.77. The van der Waals surface area contributed by atoms with Crippen LogP contribution in [0.4, 0.5) is 26.3 Å². The van der Waals surface area contributed by atoms with Gasteiger partial charge in [0.1, 0.15) is 0 Å². The summed E-state index contributed by atoms with van der Waals surface area (Å²) in [5.41, 5.74) is 0. The highest BCUT2D eigenvalue weighted by Gasteiger charge is 2.67. The molecule has 3 rings (SSSR count). The zero-order chi connectivity index (χ0) is 26.6. The summed E-state index contributed by atoms with van der Waals surface area (Å²) >= 11 is 18.1. The minimum Gasteiger partial charge on any atom is -0.743 e. The molecule has 3 aromatic rings. The van der Waals surface area contributed by atoms with Crippen LogP contribution in [0.3, 0.4) is 0 Å². The molecule has 35 heavy (non-hydrogen) atoms. The highest BCUT2D eigenvalue weighted by Crippen LogP contribution is 2.42. The lowest BCUT2D eigenvalue weighted by molar-refractivity contribution is -0.227. The Morgan fingerprint density at radius 3 is 1.09 bits per heavy atom. The Morgan fingerprint density at radius 1 is 0.657 bits per heavy atom. The Hall–Kier alpha value is -1.63. The van der Waals surface area contributed by atoms with E-state index < -0.39 is 27.7 Å². The van der Waals surface area contributed by atoms with E-state index in [1.807, 2.05) is 36.4 Å². The van der Waals surface area contributed by atoms with Gasteiger partial charge in [0, 0.05) is 15.1 Å². The predicted molar refractivity (Wildman–Crippen MR) is 122 cm³/mol. The molecule has 190 valence electrons. The second kappa shape index (κ2) is 11.6. The molecule has 3 aromatic carbocycles. The van der Waals surface area contributed by atoms with Crippen molar-refractivity contribution in [2.45, 2.75) is 32.3 Å². The van der Waals surface area contributed by atoms with Crippen LogP contribution in [0.1, 0.15) is 0 Å².